The first kappa shape index (κ1) is 15.4. The van der Waals surface area contributed by atoms with Gasteiger partial charge in [0.1, 0.15) is 5.65 Å². The fourth-order valence-corrected chi connectivity index (χ4v) is 2.70. The maximum Gasteiger partial charge on any atom is 0.329 e. The van der Waals surface area contributed by atoms with Crippen LogP contribution in [0.2, 0.25) is 0 Å². The third-order valence-corrected chi connectivity index (χ3v) is 3.93. The molecule has 23 heavy (non-hydrogen) atoms. The summed E-state index contributed by atoms with van der Waals surface area (Å²) in [4.78, 5) is 42.2. The number of hydrogen-bond acceptors (Lipinski definition) is 5. The molecule has 0 bridgehead atoms. The standard InChI is InChI=1S/C15H18N4O4/c1-2-19-12-11(14(21)18-15(19)22)6-9(7-16-12)13(20)17-8-10-4-3-5-23-10/h6-7,10H,2-5,8H2,1H3,(H,17,20)(H,18,21,22). The van der Waals surface area contributed by atoms with Gasteiger partial charge >= 0.3 is 5.69 Å². The van der Waals surface area contributed by atoms with E-state index in [0.29, 0.717) is 13.1 Å². The van der Waals surface area contributed by atoms with E-state index >= 15 is 0 Å². The summed E-state index contributed by atoms with van der Waals surface area (Å²) in [6.07, 6.45) is 3.35. The molecule has 8 heteroatoms. The van der Waals surface area contributed by atoms with Crippen LogP contribution in [0.3, 0.4) is 0 Å². The number of carbonyl (C=O) groups excluding carboxylic acids is 1. The zero-order valence-electron chi connectivity index (χ0n) is 12.8. The fraction of sp³-hybridized carbons (Fsp3) is 0.467. The molecule has 1 fully saturated rings. The number of carbonyl (C=O) groups is 1. The van der Waals surface area contributed by atoms with E-state index in [2.05, 4.69) is 15.3 Å². The van der Waals surface area contributed by atoms with E-state index < -0.39 is 11.2 Å². The largest absolute Gasteiger partial charge is 0.376 e. The summed E-state index contributed by atoms with van der Waals surface area (Å²) >= 11 is 0. The first-order chi connectivity index (χ1) is 11.1. The Balaban J connectivity index is 1.89. The molecule has 1 unspecified atom stereocenters. The highest BCUT2D eigenvalue weighted by Crippen LogP contribution is 2.11. The molecule has 0 radical (unpaired) electrons. The average Bonchev–Trinajstić information content (AvgIpc) is 3.06. The normalized spacial score (nSPS) is 17.5. The summed E-state index contributed by atoms with van der Waals surface area (Å²) in [5.74, 6) is -0.316. The average molecular weight is 318 g/mol. The molecule has 1 amide bonds. The van der Waals surface area contributed by atoms with E-state index in [-0.39, 0.29) is 28.6 Å². The Hall–Kier alpha value is -2.48. The van der Waals surface area contributed by atoms with Crippen molar-refractivity contribution in [3.8, 4) is 0 Å². The first-order valence-electron chi connectivity index (χ1n) is 7.63. The van der Waals surface area contributed by atoms with E-state index in [4.69, 9.17) is 4.74 Å². The molecule has 0 spiro atoms. The van der Waals surface area contributed by atoms with Gasteiger partial charge in [-0.15, -0.1) is 0 Å². The summed E-state index contributed by atoms with van der Waals surface area (Å²) in [5.41, 5.74) is -0.497. The molecule has 1 aliphatic heterocycles. The van der Waals surface area contributed by atoms with Crippen LogP contribution in [0, 0.1) is 0 Å². The molecule has 1 atom stereocenters. The topological polar surface area (TPSA) is 106 Å². The Morgan fingerprint density at radius 3 is 3.04 bits per heavy atom. The molecule has 2 aromatic rings. The number of amides is 1. The van der Waals surface area contributed by atoms with Crippen LogP contribution in [-0.4, -0.2) is 39.7 Å². The third-order valence-electron chi connectivity index (χ3n) is 3.93. The minimum atomic E-state index is -0.545. The second kappa shape index (κ2) is 6.33. The van der Waals surface area contributed by atoms with Crippen LogP contribution in [0.15, 0.2) is 21.9 Å². The summed E-state index contributed by atoms with van der Waals surface area (Å²) in [6, 6.07) is 1.46. The SMILES string of the molecule is CCn1c(=O)[nH]c(=O)c2cc(C(=O)NCC3CCCO3)cnc21. The van der Waals surface area contributed by atoms with Crippen LogP contribution in [0.25, 0.3) is 11.0 Å². The number of fused-ring (bicyclic) bond motifs is 1. The molecular weight excluding hydrogens is 300 g/mol. The maximum absolute atomic E-state index is 12.2. The van der Waals surface area contributed by atoms with Crippen molar-refractivity contribution < 1.29 is 9.53 Å². The Morgan fingerprint density at radius 2 is 2.35 bits per heavy atom. The molecule has 0 aliphatic carbocycles. The fourth-order valence-electron chi connectivity index (χ4n) is 2.70. The van der Waals surface area contributed by atoms with Crippen molar-refractivity contribution in [3.63, 3.8) is 0 Å². The highest BCUT2D eigenvalue weighted by molar-refractivity contribution is 5.96. The monoisotopic (exact) mass is 318 g/mol. The lowest BCUT2D eigenvalue weighted by Gasteiger charge is -2.11. The number of aromatic nitrogens is 3. The van der Waals surface area contributed by atoms with Gasteiger partial charge in [-0.25, -0.2) is 9.78 Å². The number of pyridine rings is 1. The number of nitrogens with one attached hydrogen (secondary N) is 2. The van der Waals surface area contributed by atoms with Crippen molar-refractivity contribution >= 4 is 16.9 Å². The highest BCUT2D eigenvalue weighted by Gasteiger charge is 2.17. The molecule has 122 valence electrons. The van der Waals surface area contributed by atoms with Gasteiger partial charge in [0.15, 0.2) is 0 Å². The molecule has 8 nitrogen and oxygen atoms in total. The Morgan fingerprint density at radius 1 is 1.52 bits per heavy atom. The predicted molar refractivity (Wildman–Crippen MR) is 83.6 cm³/mol. The van der Waals surface area contributed by atoms with E-state index in [9.17, 15) is 14.4 Å². The third kappa shape index (κ3) is 3.02. The van der Waals surface area contributed by atoms with Crippen LogP contribution in [-0.2, 0) is 11.3 Å². The molecule has 0 aromatic carbocycles. The van der Waals surface area contributed by atoms with E-state index in [1.165, 1.54) is 16.8 Å². The minimum absolute atomic E-state index is 0.0426. The number of nitrogens with zero attached hydrogens (tertiary/aromatic N) is 2. The summed E-state index contributed by atoms with van der Waals surface area (Å²) in [7, 11) is 0. The van der Waals surface area contributed by atoms with Crippen molar-refractivity contribution in [1.29, 1.82) is 0 Å². The second-order valence-electron chi connectivity index (χ2n) is 5.44. The quantitative estimate of drug-likeness (QED) is 0.826. The lowest BCUT2D eigenvalue weighted by molar-refractivity contribution is 0.0857. The summed E-state index contributed by atoms with van der Waals surface area (Å²) < 4.78 is 6.80. The number of H-pyrrole nitrogens is 1. The van der Waals surface area contributed by atoms with E-state index in [0.717, 1.165) is 19.4 Å². The van der Waals surface area contributed by atoms with E-state index in [1.54, 1.807) is 6.92 Å². The van der Waals surface area contributed by atoms with Gasteiger partial charge in [0.2, 0.25) is 0 Å². The highest BCUT2D eigenvalue weighted by atomic mass is 16.5. The van der Waals surface area contributed by atoms with Crippen LogP contribution < -0.4 is 16.6 Å². The summed E-state index contributed by atoms with van der Waals surface area (Å²) in [6.45, 7) is 3.32. The predicted octanol–water partition coefficient (Wildman–Crippen LogP) is 0.0135. The van der Waals surface area contributed by atoms with Crippen LogP contribution in [0.4, 0.5) is 0 Å². The minimum Gasteiger partial charge on any atom is -0.376 e. The van der Waals surface area contributed by atoms with Crippen molar-refractivity contribution in [2.45, 2.75) is 32.4 Å². The molecule has 3 heterocycles. The number of aromatic amines is 1. The van der Waals surface area contributed by atoms with Gasteiger partial charge in [0.25, 0.3) is 11.5 Å². The number of rotatable bonds is 4. The molecule has 2 N–H and O–H groups in total. The van der Waals surface area contributed by atoms with Crippen molar-refractivity contribution in [3.05, 3.63) is 38.7 Å². The zero-order chi connectivity index (χ0) is 16.4. The smallest absolute Gasteiger partial charge is 0.329 e. The first-order valence-corrected chi connectivity index (χ1v) is 7.63. The van der Waals surface area contributed by atoms with Gasteiger partial charge in [0, 0.05) is 25.9 Å². The molecule has 1 aliphatic rings. The van der Waals surface area contributed by atoms with Crippen molar-refractivity contribution in [1.82, 2.24) is 19.9 Å². The van der Waals surface area contributed by atoms with Gasteiger partial charge in [-0.1, -0.05) is 0 Å². The van der Waals surface area contributed by atoms with Crippen LogP contribution in [0.5, 0.6) is 0 Å². The maximum atomic E-state index is 12.2. The lowest BCUT2D eigenvalue weighted by Crippen LogP contribution is -2.33. The number of hydrogen-bond donors (Lipinski definition) is 2. The van der Waals surface area contributed by atoms with Gasteiger partial charge in [-0.3, -0.25) is 19.1 Å². The van der Waals surface area contributed by atoms with Crippen LogP contribution in [0.1, 0.15) is 30.1 Å². The van der Waals surface area contributed by atoms with E-state index in [1.807, 2.05) is 0 Å². The summed E-state index contributed by atoms with van der Waals surface area (Å²) in [5, 5.41) is 3.00. The van der Waals surface area contributed by atoms with Gasteiger partial charge in [0.05, 0.1) is 17.1 Å². The van der Waals surface area contributed by atoms with Crippen molar-refractivity contribution in [2.75, 3.05) is 13.2 Å². The Labute approximate surface area is 131 Å². The lowest BCUT2D eigenvalue weighted by atomic mass is 10.2. The second-order valence-corrected chi connectivity index (χ2v) is 5.44. The Bertz CT molecular complexity index is 849. The Kier molecular flexibility index (Phi) is 4.24. The van der Waals surface area contributed by atoms with Gasteiger partial charge in [-0.2, -0.15) is 0 Å². The van der Waals surface area contributed by atoms with Gasteiger partial charge < -0.3 is 10.1 Å². The molecule has 3 rings (SSSR count). The molecule has 1 saturated heterocycles. The van der Waals surface area contributed by atoms with Crippen LogP contribution >= 0.6 is 0 Å². The molecular formula is C15H18N4O4. The van der Waals surface area contributed by atoms with Crippen molar-refractivity contribution in [2.24, 2.45) is 0 Å². The number of aryl methyl sites for hydroxylation is 1. The number of ether oxygens (including phenoxy) is 1. The molecule has 0 saturated carbocycles. The van der Waals surface area contributed by atoms with Gasteiger partial charge in [-0.05, 0) is 25.8 Å². The zero-order valence-corrected chi connectivity index (χ0v) is 12.8. The molecule has 2 aromatic heterocycles.